The number of hydrogen-bond donors (Lipinski definition) is 2. The number of ether oxygens (including phenoxy) is 1. The molecule has 0 aliphatic carbocycles. The van der Waals surface area contributed by atoms with Crippen LogP contribution in [0.5, 0.6) is 0 Å². The minimum Gasteiger partial charge on any atom is -0.510 e. The van der Waals surface area contributed by atoms with Crippen LogP contribution in [0.3, 0.4) is 0 Å². The SMILES string of the molecule is Cc1cccc(-n2c(SC(C)/C(O)=C(\C#N)c3nc4ccccc4[nH]3)nnc2N2CCOCC2)c1. The van der Waals surface area contributed by atoms with E-state index in [9.17, 15) is 10.4 Å². The Labute approximate surface area is 207 Å². The number of allylic oxidation sites excluding steroid dienone is 1. The zero-order chi connectivity index (χ0) is 24.4. The molecule has 0 bridgehead atoms. The highest BCUT2D eigenvalue weighted by molar-refractivity contribution is 8.00. The highest BCUT2D eigenvalue weighted by atomic mass is 32.2. The molecule has 3 heterocycles. The summed E-state index contributed by atoms with van der Waals surface area (Å²) in [5, 5.41) is 30.0. The molecule has 0 saturated carbocycles. The second kappa shape index (κ2) is 9.82. The predicted molar refractivity (Wildman–Crippen MR) is 136 cm³/mol. The monoisotopic (exact) mass is 487 g/mol. The number of aromatic nitrogens is 5. The maximum absolute atomic E-state index is 11.1. The number of H-pyrrole nitrogens is 1. The third kappa shape index (κ3) is 4.60. The molecule has 0 amide bonds. The third-order valence-corrected chi connectivity index (χ3v) is 6.88. The largest absolute Gasteiger partial charge is 0.510 e. The Balaban J connectivity index is 1.51. The van der Waals surface area contributed by atoms with Gasteiger partial charge in [-0.1, -0.05) is 36.0 Å². The smallest absolute Gasteiger partial charge is 0.232 e. The molecule has 4 aromatic rings. The fourth-order valence-corrected chi connectivity index (χ4v) is 4.95. The van der Waals surface area contributed by atoms with Crippen LogP contribution in [0.4, 0.5) is 5.95 Å². The van der Waals surface area contributed by atoms with Gasteiger partial charge >= 0.3 is 0 Å². The Morgan fingerprint density at radius 1 is 1.17 bits per heavy atom. The van der Waals surface area contributed by atoms with E-state index in [-0.39, 0.29) is 11.3 Å². The number of rotatable bonds is 6. The zero-order valence-corrected chi connectivity index (χ0v) is 20.3. The summed E-state index contributed by atoms with van der Waals surface area (Å²) >= 11 is 1.34. The molecule has 0 radical (unpaired) electrons. The summed E-state index contributed by atoms with van der Waals surface area (Å²) in [7, 11) is 0. The molecule has 2 aromatic carbocycles. The minimum atomic E-state index is -0.469. The van der Waals surface area contributed by atoms with Crippen molar-refractivity contribution in [1.82, 2.24) is 24.7 Å². The standard InChI is InChI=1S/C25H25N7O2S/c1-16-6-5-7-18(14-16)32-24(31-10-12-34-13-11-31)29-30-25(32)35-17(2)22(33)19(15-26)23-27-20-8-3-4-9-21(20)28-23/h3-9,14,17,33H,10-13H2,1-2H3,(H,27,28)/b22-19-. The first kappa shape index (κ1) is 23.0. The van der Waals surface area contributed by atoms with Crippen LogP contribution in [0.1, 0.15) is 18.3 Å². The maximum atomic E-state index is 11.1. The fraction of sp³-hybridized carbons (Fsp3) is 0.280. The van der Waals surface area contributed by atoms with Crippen molar-refractivity contribution in [2.75, 3.05) is 31.2 Å². The molecule has 2 aromatic heterocycles. The lowest BCUT2D eigenvalue weighted by molar-refractivity contribution is 0.122. The Kier molecular flexibility index (Phi) is 6.44. The summed E-state index contributed by atoms with van der Waals surface area (Å²) in [6.45, 7) is 6.58. The molecule has 35 heavy (non-hydrogen) atoms. The van der Waals surface area contributed by atoms with Crippen LogP contribution in [0.2, 0.25) is 0 Å². The van der Waals surface area contributed by atoms with Crippen LogP contribution in [0, 0.1) is 18.3 Å². The lowest BCUT2D eigenvalue weighted by atomic mass is 10.2. The number of hydrogen-bond acceptors (Lipinski definition) is 8. The van der Waals surface area contributed by atoms with Crippen LogP contribution in [0.25, 0.3) is 22.3 Å². The highest BCUT2D eigenvalue weighted by Crippen LogP contribution is 2.33. The Morgan fingerprint density at radius 2 is 1.97 bits per heavy atom. The van der Waals surface area contributed by atoms with E-state index in [1.807, 2.05) is 60.9 Å². The van der Waals surface area contributed by atoms with Crippen molar-refractivity contribution in [3.05, 3.63) is 65.7 Å². The summed E-state index contributed by atoms with van der Waals surface area (Å²) in [6.07, 6.45) is 0. The lowest BCUT2D eigenvalue weighted by Crippen LogP contribution is -2.37. The number of fused-ring (bicyclic) bond motifs is 1. The average molecular weight is 488 g/mol. The van der Waals surface area contributed by atoms with Crippen LogP contribution in [-0.2, 0) is 4.74 Å². The van der Waals surface area contributed by atoms with Crippen molar-refractivity contribution in [2.24, 2.45) is 0 Å². The number of aliphatic hydroxyl groups is 1. The number of aliphatic hydroxyl groups excluding tert-OH is 1. The summed E-state index contributed by atoms with van der Waals surface area (Å²) in [4.78, 5) is 9.75. The molecule has 1 aliphatic rings. The number of imidazole rings is 1. The van der Waals surface area contributed by atoms with Gasteiger partial charge in [0.2, 0.25) is 5.95 Å². The van der Waals surface area contributed by atoms with Crippen molar-refractivity contribution in [1.29, 1.82) is 5.26 Å². The van der Waals surface area contributed by atoms with Gasteiger partial charge in [0.1, 0.15) is 17.4 Å². The van der Waals surface area contributed by atoms with E-state index >= 15 is 0 Å². The normalized spacial score (nSPS) is 15.6. The van der Waals surface area contributed by atoms with Gasteiger partial charge in [0.05, 0.1) is 35.2 Å². The van der Waals surface area contributed by atoms with Crippen molar-refractivity contribution < 1.29 is 9.84 Å². The van der Waals surface area contributed by atoms with Gasteiger partial charge in [-0.15, -0.1) is 10.2 Å². The molecular weight excluding hydrogens is 462 g/mol. The number of benzene rings is 2. The number of nitrogens with one attached hydrogen (secondary N) is 1. The third-order valence-electron chi connectivity index (χ3n) is 5.83. The van der Waals surface area contributed by atoms with E-state index in [0.717, 1.165) is 41.3 Å². The van der Waals surface area contributed by atoms with Gasteiger partial charge in [0.25, 0.3) is 0 Å². The molecular formula is C25H25N7O2S. The quantitative estimate of drug-likeness (QED) is 0.235. The average Bonchev–Trinajstić information content (AvgIpc) is 3.49. The number of nitriles is 1. The second-order valence-corrected chi connectivity index (χ2v) is 9.60. The van der Waals surface area contributed by atoms with Gasteiger partial charge in [-0.3, -0.25) is 4.57 Å². The summed E-state index contributed by atoms with van der Waals surface area (Å²) < 4.78 is 7.51. The fourth-order valence-electron chi connectivity index (χ4n) is 4.02. The van der Waals surface area contributed by atoms with Gasteiger partial charge in [-0.2, -0.15) is 5.26 Å². The predicted octanol–water partition coefficient (Wildman–Crippen LogP) is 4.26. The van der Waals surface area contributed by atoms with E-state index in [1.54, 1.807) is 0 Å². The number of nitrogens with zero attached hydrogens (tertiary/aromatic N) is 6. The zero-order valence-electron chi connectivity index (χ0n) is 19.5. The lowest BCUT2D eigenvalue weighted by Gasteiger charge is -2.28. The molecule has 10 heteroatoms. The van der Waals surface area contributed by atoms with Gasteiger partial charge in [-0.25, -0.2) is 4.98 Å². The molecule has 2 N–H and O–H groups in total. The number of thioether (sulfide) groups is 1. The van der Waals surface area contributed by atoms with Crippen LogP contribution >= 0.6 is 11.8 Å². The van der Waals surface area contributed by atoms with E-state index in [1.165, 1.54) is 11.8 Å². The Hall–Kier alpha value is -3.81. The highest BCUT2D eigenvalue weighted by Gasteiger charge is 2.25. The number of anilines is 1. The van der Waals surface area contributed by atoms with E-state index in [4.69, 9.17) is 4.74 Å². The molecule has 1 aliphatic heterocycles. The van der Waals surface area contributed by atoms with Crippen molar-refractivity contribution in [3.8, 4) is 11.8 Å². The van der Waals surface area contributed by atoms with Crippen molar-refractivity contribution in [2.45, 2.75) is 24.3 Å². The van der Waals surface area contributed by atoms with Crippen LogP contribution in [-0.4, -0.2) is 61.4 Å². The van der Waals surface area contributed by atoms with E-state index < -0.39 is 5.25 Å². The summed E-state index contributed by atoms with van der Waals surface area (Å²) in [5.41, 5.74) is 3.70. The molecule has 1 fully saturated rings. The summed E-state index contributed by atoms with van der Waals surface area (Å²) in [6, 6.07) is 17.8. The van der Waals surface area contributed by atoms with Gasteiger partial charge in [-0.05, 0) is 43.7 Å². The number of morpholine rings is 1. The first-order valence-corrected chi connectivity index (χ1v) is 12.2. The van der Waals surface area contributed by atoms with Gasteiger partial charge in [0, 0.05) is 13.1 Å². The maximum Gasteiger partial charge on any atom is 0.232 e. The summed E-state index contributed by atoms with van der Waals surface area (Å²) in [5.74, 6) is 1.01. The number of aryl methyl sites for hydroxylation is 1. The van der Waals surface area contributed by atoms with Gasteiger partial charge in [0.15, 0.2) is 11.0 Å². The second-order valence-electron chi connectivity index (χ2n) is 8.29. The van der Waals surface area contributed by atoms with E-state index in [0.29, 0.717) is 24.2 Å². The first-order chi connectivity index (χ1) is 17.0. The van der Waals surface area contributed by atoms with Gasteiger partial charge < -0.3 is 19.7 Å². The van der Waals surface area contributed by atoms with Crippen molar-refractivity contribution >= 4 is 34.3 Å². The molecule has 9 nitrogen and oxygen atoms in total. The molecule has 1 atom stereocenters. The molecule has 1 unspecified atom stereocenters. The molecule has 1 saturated heterocycles. The molecule has 0 spiro atoms. The first-order valence-electron chi connectivity index (χ1n) is 11.4. The van der Waals surface area contributed by atoms with Crippen LogP contribution < -0.4 is 4.90 Å². The minimum absolute atomic E-state index is 0.0664. The number of aromatic amines is 1. The number of para-hydroxylation sites is 2. The Bertz CT molecular complexity index is 1400. The van der Waals surface area contributed by atoms with Crippen LogP contribution in [0.15, 0.2) is 59.4 Å². The molecule has 178 valence electrons. The van der Waals surface area contributed by atoms with Crippen molar-refractivity contribution in [3.63, 3.8) is 0 Å². The van der Waals surface area contributed by atoms with E-state index in [2.05, 4.69) is 37.2 Å². The topological polar surface area (TPSA) is 116 Å². The Morgan fingerprint density at radius 3 is 2.71 bits per heavy atom. The molecule has 5 rings (SSSR count).